The maximum Gasteiger partial charge on any atom is 0.141 e. The minimum atomic E-state index is 0.0176. The highest BCUT2D eigenvalue weighted by Crippen LogP contribution is 2.28. The first-order chi connectivity index (χ1) is 10.1. The van der Waals surface area contributed by atoms with Gasteiger partial charge in [0.25, 0.3) is 0 Å². The van der Waals surface area contributed by atoms with Crippen molar-refractivity contribution in [3.8, 4) is 5.75 Å². The van der Waals surface area contributed by atoms with Crippen LogP contribution in [-0.4, -0.2) is 16.9 Å². The van der Waals surface area contributed by atoms with E-state index in [1.54, 1.807) is 18.0 Å². The molecule has 1 heterocycles. The molecule has 4 nitrogen and oxygen atoms in total. The summed E-state index contributed by atoms with van der Waals surface area (Å²) in [5, 5.41) is 7.00. The maximum absolute atomic E-state index is 5.97. The third-order valence-electron chi connectivity index (χ3n) is 3.71. The lowest BCUT2D eigenvalue weighted by molar-refractivity contribution is 0.415. The highest BCUT2D eigenvalue weighted by atomic mass is 35.5. The number of hydrogen-bond acceptors (Lipinski definition) is 3. The lowest BCUT2D eigenvalue weighted by Gasteiger charge is -2.15. The molecule has 0 aliphatic rings. The average Bonchev–Trinajstić information content (AvgIpc) is 2.85. The number of nitrogens with zero attached hydrogens (tertiary/aromatic N) is 2. The Kier molecular flexibility index (Phi) is 3.47. The summed E-state index contributed by atoms with van der Waals surface area (Å²) >= 11 is 5.97. The monoisotopic (exact) mass is 301 g/mol. The third kappa shape index (κ3) is 2.43. The van der Waals surface area contributed by atoms with E-state index in [9.17, 15) is 0 Å². The number of nitrogen functional groups attached to an aromatic ring is 1. The first-order valence-electron chi connectivity index (χ1n) is 6.66. The SMILES string of the molecule is COc1ccc2cc(C(C)n3ncc(Cl)c3N)ccc2c1. The van der Waals surface area contributed by atoms with Crippen molar-refractivity contribution in [1.82, 2.24) is 9.78 Å². The molecule has 2 aromatic carbocycles. The van der Waals surface area contributed by atoms with Crippen LogP contribution in [0.1, 0.15) is 18.5 Å². The van der Waals surface area contributed by atoms with Crippen molar-refractivity contribution < 1.29 is 4.74 Å². The summed E-state index contributed by atoms with van der Waals surface area (Å²) in [6, 6.07) is 12.3. The summed E-state index contributed by atoms with van der Waals surface area (Å²) in [7, 11) is 1.67. The minimum absolute atomic E-state index is 0.0176. The number of halogens is 1. The molecule has 0 radical (unpaired) electrons. The molecule has 0 saturated carbocycles. The summed E-state index contributed by atoms with van der Waals surface area (Å²) in [6.45, 7) is 2.05. The quantitative estimate of drug-likeness (QED) is 0.798. The molecule has 108 valence electrons. The van der Waals surface area contributed by atoms with Crippen LogP contribution >= 0.6 is 11.6 Å². The number of benzene rings is 2. The molecular formula is C16H16ClN3O. The van der Waals surface area contributed by atoms with Crippen LogP contribution in [0, 0.1) is 0 Å². The molecule has 1 atom stereocenters. The van der Waals surface area contributed by atoms with Crippen molar-refractivity contribution in [2.75, 3.05) is 12.8 Å². The molecule has 0 spiro atoms. The lowest BCUT2D eigenvalue weighted by Crippen LogP contribution is -2.11. The van der Waals surface area contributed by atoms with Gasteiger partial charge in [-0.05, 0) is 41.5 Å². The van der Waals surface area contributed by atoms with Gasteiger partial charge in [0.05, 0.1) is 19.3 Å². The van der Waals surface area contributed by atoms with E-state index in [-0.39, 0.29) is 6.04 Å². The molecule has 21 heavy (non-hydrogen) atoms. The third-order valence-corrected chi connectivity index (χ3v) is 4.00. The summed E-state index contributed by atoms with van der Waals surface area (Å²) < 4.78 is 6.97. The van der Waals surface area contributed by atoms with Crippen LogP contribution in [0.3, 0.4) is 0 Å². The summed E-state index contributed by atoms with van der Waals surface area (Å²) in [5.74, 6) is 1.34. The summed E-state index contributed by atoms with van der Waals surface area (Å²) in [6.07, 6.45) is 1.57. The Bertz CT molecular complexity index is 797. The van der Waals surface area contributed by atoms with Gasteiger partial charge in [0, 0.05) is 0 Å². The number of hydrogen-bond donors (Lipinski definition) is 1. The Hall–Kier alpha value is -2.20. The fourth-order valence-corrected chi connectivity index (χ4v) is 2.56. The van der Waals surface area contributed by atoms with Crippen molar-refractivity contribution >= 4 is 28.2 Å². The van der Waals surface area contributed by atoms with E-state index in [4.69, 9.17) is 22.1 Å². The fraction of sp³-hybridized carbons (Fsp3) is 0.188. The first-order valence-corrected chi connectivity index (χ1v) is 7.04. The van der Waals surface area contributed by atoms with Gasteiger partial charge in [0.15, 0.2) is 0 Å². The molecule has 0 bridgehead atoms. The van der Waals surface area contributed by atoms with Crippen LogP contribution < -0.4 is 10.5 Å². The van der Waals surface area contributed by atoms with E-state index in [1.807, 2.05) is 25.1 Å². The predicted molar refractivity (Wildman–Crippen MR) is 86.0 cm³/mol. The van der Waals surface area contributed by atoms with Crippen LogP contribution in [0.2, 0.25) is 5.02 Å². The molecule has 1 unspecified atom stereocenters. The van der Waals surface area contributed by atoms with Crippen LogP contribution in [0.25, 0.3) is 10.8 Å². The second kappa shape index (κ2) is 5.30. The largest absolute Gasteiger partial charge is 0.497 e. The molecule has 0 aliphatic heterocycles. The molecule has 0 fully saturated rings. The molecule has 3 aromatic rings. The molecule has 5 heteroatoms. The van der Waals surface area contributed by atoms with Crippen LogP contribution in [0.5, 0.6) is 5.75 Å². The van der Waals surface area contributed by atoms with Gasteiger partial charge >= 0.3 is 0 Å². The molecule has 0 amide bonds. The van der Waals surface area contributed by atoms with Crippen LogP contribution in [0.15, 0.2) is 42.6 Å². The number of aromatic nitrogens is 2. The van der Waals surface area contributed by atoms with Gasteiger partial charge in [-0.1, -0.05) is 29.8 Å². The normalized spacial score (nSPS) is 12.5. The van der Waals surface area contributed by atoms with Gasteiger partial charge in [0.2, 0.25) is 0 Å². The first kappa shape index (κ1) is 13.8. The zero-order chi connectivity index (χ0) is 15.0. The van der Waals surface area contributed by atoms with Crippen molar-refractivity contribution in [1.29, 1.82) is 0 Å². The van der Waals surface area contributed by atoms with Crippen LogP contribution in [0.4, 0.5) is 5.82 Å². The predicted octanol–water partition coefficient (Wildman–Crippen LogP) is 3.89. The highest BCUT2D eigenvalue weighted by Gasteiger charge is 2.14. The van der Waals surface area contributed by atoms with Crippen molar-refractivity contribution in [2.24, 2.45) is 0 Å². The summed E-state index contributed by atoms with van der Waals surface area (Å²) in [5.41, 5.74) is 7.07. The number of methoxy groups -OCH3 is 1. The van der Waals surface area contributed by atoms with E-state index < -0.39 is 0 Å². The Morgan fingerprint density at radius 2 is 1.90 bits per heavy atom. The van der Waals surface area contributed by atoms with Gasteiger partial charge in [-0.25, -0.2) is 4.68 Å². The number of nitrogens with two attached hydrogens (primary N) is 1. The Morgan fingerprint density at radius 1 is 1.19 bits per heavy atom. The van der Waals surface area contributed by atoms with Gasteiger partial charge in [0.1, 0.15) is 16.6 Å². The van der Waals surface area contributed by atoms with Crippen molar-refractivity contribution in [3.63, 3.8) is 0 Å². The topological polar surface area (TPSA) is 53.1 Å². The Morgan fingerprint density at radius 3 is 2.57 bits per heavy atom. The van der Waals surface area contributed by atoms with E-state index in [0.717, 1.165) is 22.1 Å². The van der Waals surface area contributed by atoms with Gasteiger partial charge in [-0.2, -0.15) is 5.10 Å². The van der Waals surface area contributed by atoms with E-state index in [2.05, 4.69) is 23.3 Å². The number of ether oxygens (including phenoxy) is 1. The van der Waals surface area contributed by atoms with E-state index in [1.165, 1.54) is 0 Å². The number of anilines is 1. The average molecular weight is 302 g/mol. The molecule has 0 saturated heterocycles. The number of rotatable bonds is 3. The molecule has 0 aliphatic carbocycles. The Labute approximate surface area is 128 Å². The maximum atomic E-state index is 5.97. The number of fused-ring (bicyclic) bond motifs is 1. The highest BCUT2D eigenvalue weighted by molar-refractivity contribution is 6.32. The zero-order valence-corrected chi connectivity index (χ0v) is 12.6. The fourth-order valence-electron chi connectivity index (χ4n) is 2.43. The molecule has 3 rings (SSSR count). The lowest BCUT2D eigenvalue weighted by atomic mass is 10.0. The second-order valence-corrected chi connectivity index (χ2v) is 5.38. The second-order valence-electron chi connectivity index (χ2n) is 4.97. The van der Waals surface area contributed by atoms with Crippen molar-refractivity contribution in [3.05, 3.63) is 53.2 Å². The molecular weight excluding hydrogens is 286 g/mol. The standard InChI is InChI=1S/C16H16ClN3O/c1-10(20-16(18)15(17)9-19-20)11-3-4-13-8-14(21-2)6-5-12(13)7-11/h3-10H,18H2,1-2H3. The molecule has 2 N–H and O–H groups in total. The van der Waals surface area contributed by atoms with E-state index >= 15 is 0 Å². The zero-order valence-electron chi connectivity index (χ0n) is 11.9. The summed E-state index contributed by atoms with van der Waals surface area (Å²) in [4.78, 5) is 0. The van der Waals surface area contributed by atoms with E-state index in [0.29, 0.717) is 10.8 Å². The minimum Gasteiger partial charge on any atom is -0.497 e. The van der Waals surface area contributed by atoms with Gasteiger partial charge in [-0.15, -0.1) is 0 Å². The van der Waals surface area contributed by atoms with Crippen LogP contribution in [-0.2, 0) is 0 Å². The molecule has 1 aromatic heterocycles. The van der Waals surface area contributed by atoms with Gasteiger partial charge < -0.3 is 10.5 Å². The van der Waals surface area contributed by atoms with Gasteiger partial charge in [-0.3, -0.25) is 0 Å². The smallest absolute Gasteiger partial charge is 0.141 e. The van der Waals surface area contributed by atoms with Crippen molar-refractivity contribution in [2.45, 2.75) is 13.0 Å². The Balaban J connectivity index is 2.02.